The van der Waals surface area contributed by atoms with Crippen molar-refractivity contribution in [3.63, 3.8) is 0 Å². The van der Waals surface area contributed by atoms with Gasteiger partial charge in [-0.25, -0.2) is 4.79 Å². The second-order valence-electron chi connectivity index (χ2n) is 6.06. The zero-order valence-corrected chi connectivity index (χ0v) is 15.9. The summed E-state index contributed by atoms with van der Waals surface area (Å²) in [6.45, 7) is 0.427. The van der Waals surface area contributed by atoms with Gasteiger partial charge in [0.05, 0.1) is 7.11 Å². The van der Waals surface area contributed by atoms with E-state index in [0.29, 0.717) is 6.61 Å². The van der Waals surface area contributed by atoms with Crippen LogP contribution >= 0.6 is 12.4 Å². The number of rotatable bonds is 7. The van der Waals surface area contributed by atoms with Crippen LogP contribution in [0.4, 0.5) is 0 Å². The molecule has 0 aliphatic rings. The standard InChI is InChI=1S/C21H22N2O3.ClH/c1-25-21(24)11-8-15-6-9-18(10-7-15)26-14-17(22)12-16-13-23-20-5-3-2-4-19(16)20;/h2-11,13,17,23H,12,14,22H2,1H3;1H/b11-8+;/t17-;/m0./s1. The van der Waals surface area contributed by atoms with Crippen molar-refractivity contribution < 1.29 is 14.3 Å². The highest BCUT2D eigenvalue weighted by molar-refractivity contribution is 5.87. The molecule has 0 spiro atoms. The van der Waals surface area contributed by atoms with Gasteiger partial charge in [-0.2, -0.15) is 0 Å². The number of hydrogen-bond acceptors (Lipinski definition) is 4. The number of nitrogens with two attached hydrogens (primary N) is 1. The minimum atomic E-state index is -0.381. The normalized spacial score (nSPS) is 11.9. The maximum absolute atomic E-state index is 11.1. The first-order chi connectivity index (χ1) is 12.7. The summed E-state index contributed by atoms with van der Waals surface area (Å²) < 4.78 is 10.3. The van der Waals surface area contributed by atoms with Crippen molar-refractivity contribution >= 4 is 35.4 Å². The molecule has 5 nitrogen and oxygen atoms in total. The van der Waals surface area contributed by atoms with E-state index in [1.807, 2.05) is 42.6 Å². The van der Waals surface area contributed by atoms with Gasteiger partial charge in [-0.05, 0) is 41.8 Å². The maximum atomic E-state index is 11.1. The molecule has 0 radical (unpaired) electrons. The second-order valence-corrected chi connectivity index (χ2v) is 6.06. The molecule has 3 aromatic rings. The van der Waals surface area contributed by atoms with Gasteiger partial charge in [0.15, 0.2) is 0 Å². The van der Waals surface area contributed by atoms with E-state index < -0.39 is 0 Å². The largest absolute Gasteiger partial charge is 0.492 e. The minimum absolute atomic E-state index is 0. The van der Waals surface area contributed by atoms with E-state index in [1.54, 1.807) is 6.08 Å². The number of nitrogens with one attached hydrogen (secondary N) is 1. The predicted molar refractivity (Wildman–Crippen MR) is 110 cm³/mol. The lowest BCUT2D eigenvalue weighted by molar-refractivity contribution is -0.134. The van der Waals surface area contributed by atoms with Crippen LogP contribution in [0.1, 0.15) is 11.1 Å². The van der Waals surface area contributed by atoms with Gasteiger partial charge in [0, 0.05) is 29.2 Å². The van der Waals surface area contributed by atoms with E-state index in [4.69, 9.17) is 10.5 Å². The average molecular weight is 387 g/mol. The van der Waals surface area contributed by atoms with E-state index in [0.717, 1.165) is 23.3 Å². The van der Waals surface area contributed by atoms with E-state index in [9.17, 15) is 4.79 Å². The molecule has 0 aliphatic carbocycles. The molecule has 1 heterocycles. The van der Waals surface area contributed by atoms with E-state index in [-0.39, 0.29) is 24.4 Å². The Kier molecular flexibility index (Phi) is 7.46. The van der Waals surface area contributed by atoms with Crippen molar-refractivity contribution in [1.82, 2.24) is 4.98 Å². The van der Waals surface area contributed by atoms with Gasteiger partial charge in [0.25, 0.3) is 0 Å². The summed E-state index contributed by atoms with van der Waals surface area (Å²) >= 11 is 0. The van der Waals surface area contributed by atoms with Crippen LogP contribution in [-0.2, 0) is 16.0 Å². The number of fused-ring (bicyclic) bond motifs is 1. The van der Waals surface area contributed by atoms with Crippen molar-refractivity contribution in [2.24, 2.45) is 5.73 Å². The van der Waals surface area contributed by atoms with Crippen molar-refractivity contribution in [2.45, 2.75) is 12.5 Å². The van der Waals surface area contributed by atoms with E-state index >= 15 is 0 Å². The molecule has 1 aromatic heterocycles. The molecule has 3 rings (SSSR count). The number of carbonyl (C=O) groups excluding carboxylic acids is 1. The molecular formula is C21H23ClN2O3. The number of esters is 1. The van der Waals surface area contributed by atoms with Crippen LogP contribution in [0.3, 0.4) is 0 Å². The van der Waals surface area contributed by atoms with Crippen LogP contribution in [0.25, 0.3) is 17.0 Å². The highest BCUT2D eigenvalue weighted by Gasteiger charge is 2.09. The van der Waals surface area contributed by atoms with Crippen LogP contribution in [0.2, 0.25) is 0 Å². The number of H-pyrrole nitrogens is 1. The topological polar surface area (TPSA) is 77.3 Å². The van der Waals surface area contributed by atoms with Crippen molar-refractivity contribution in [3.8, 4) is 5.75 Å². The lowest BCUT2D eigenvalue weighted by Crippen LogP contribution is -2.30. The summed E-state index contributed by atoms with van der Waals surface area (Å²) in [7, 11) is 1.35. The number of para-hydroxylation sites is 1. The summed E-state index contributed by atoms with van der Waals surface area (Å²) in [4.78, 5) is 14.4. The summed E-state index contributed by atoms with van der Waals surface area (Å²) in [5.41, 5.74) is 9.43. The molecule has 0 fully saturated rings. The van der Waals surface area contributed by atoms with Gasteiger partial charge in [-0.15, -0.1) is 12.4 Å². The molecule has 2 aromatic carbocycles. The Balaban J connectivity index is 0.00000261. The molecule has 0 bridgehead atoms. The second kappa shape index (κ2) is 9.80. The Hall–Kier alpha value is -2.76. The third kappa shape index (κ3) is 5.61. The Morgan fingerprint density at radius 3 is 2.67 bits per heavy atom. The summed E-state index contributed by atoms with van der Waals surface area (Å²) in [5.74, 6) is 0.364. The van der Waals surface area contributed by atoms with Crippen LogP contribution in [0.15, 0.2) is 60.8 Å². The average Bonchev–Trinajstić information content (AvgIpc) is 3.08. The zero-order chi connectivity index (χ0) is 18.4. The third-order valence-corrected chi connectivity index (χ3v) is 4.11. The lowest BCUT2D eigenvalue weighted by atomic mass is 10.1. The third-order valence-electron chi connectivity index (χ3n) is 4.11. The molecule has 0 saturated heterocycles. The Bertz CT molecular complexity index is 903. The number of benzene rings is 2. The number of methoxy groups -OCH3 is 1. The predicted octanol–water partition coefficient (Wildman–Crippen LogP) is 3.72. The van der Waals surface area contributed by atoms with Crippen molar-refractivity contribution in [3.05, 3.63) is 71.9 Å². The number of hydrogen-bond donors (Lipinski definition) is 2. The quantitative estimate of drug-likeness (QED) is 0.479. The minimum Gasteiger partial charge on any atom is -0.492 e. The van der Waals surface area contributed by atoms with Crippen molar-refractivity contribution in [2.75, 3.05) is 13.7 Å². The van der Waals surface area contributed by atoms with Gasteiger partial charge >= 0.3 is 5.97 Å². The van der Waals surface area contributed by atoms with Crippen LogP contribution in [0, 0.1) is 0 Å². The van der Waals surface area contributed by atoms with Crippen LogP contribution in [0.5, 0.6) is 5.75 Å². The Morgan fingerprint density at radius 1 is 1.19 bits per heavy atom. The first-order valence-corrected chi connectivity index (χ1v) is 8.45. The molecule has 0 unspecified atom stereocenters. The Morgan fingerprint density at radius 2 is 1.93 bits per heavy atom. The summed E-state index contributed by atoms with van der Waals surface area (Å²) in [6.07, 6.45) is 5.82. The number of aromatic nitrogens is 1. The highest BCUT2D eigenvalue weighted by atomic mass is 35.5. The molecular weight excluding hydrogens is 364 g/mol. The maximum Gasteiger partial charge on any atom is 0.330 e. The fraction of sp³-hybridized carbons (Fsp3) is 0.190. The number of aromatic amines is 1. The Labute approximate surface area is 164 Å². The molecule has 27 heavy (non-hydrogen) atoms. The SMILES string of the molecule is COC(=O)/C=C/c1ccc(OC[C@@H](N)Cc2c[nH]c3ccccc23)cc1.Cl. The first-order valence-electron chi connectivity index (χ1n) is 8.45. The fourth-order valence-electron chi connectivity index (χ4n) is 2.75. The van der Waals surface area contributed by atoms with E-state index in [1.165, 1.54) is 24.1 Å². The molecule has 0 amide bonds. The monoisotopic (exact) mass is 386 g/mol. The van der Waals surface area contributed by atoms with Crippen LogP contribution in [-0.4, -0.2) is 30.7 Å². The summed E-state index contributed by atoms with van der Waals surface area (Å²) in [6, 6.07) is 15.5. The fourth-order valence-corrected chi connectivity index (χ4v) is 2.75. The van der Waals surface area contributed by atoms with Crippen LogP contribution < -0.4 is 10.5 Å². The van der Waals surface area contributed by atoms with Crippen molar-refractivity contribution in [1.29, 1.82) is 0 Å². The van der Waals surface area contributed by atoms with E-state index in [2.05, 4.69) is 21.9 Å². The smallest absolute Gasteiger partial charge is 0.330 e. The summed E-state index contributed by atoms with van der Waals surface area (Å²) in [5, 5.41) is 1.20. The molecule has 0 saturated carbocycles. The van der Waals surface area contributed by atoms with Gasteiger partial charge in [0.2, 0.25) is 0 Å². The number of ether oxygens (including phenoxy) is 2. The molecule has 142 valence electrons. The lowest BCUT2D eigenvalue weighted by Gasteiger charge is -2.13. The molecule has 1 atom stereocenters. The number of halogens is 1. The van der Waals surface area contributed by atoms with Gasteiger partial charge in [0.1, 0.15) is 12.4 Å². The molecule has 0 aliphatic heterocycles. The number of carbonyl (C=O) groups is 1. The highest BCUT2D eigenvalue weighted by Crippen LogP contribution is 2.19. The zero-order valence-electron chi connectivity index (χ0n) is 15.1. The molecule has 6 heteroatoms. The first kappa shape index (κ1) is 20.6. The van der Waals surface area contributed by atoms with Gasteiger partial charge in [-0.1, -0.05) is 30.3 Å². The molecule has 3 N–H and O–H groups in total. The van der Waals surface area contributed by atoms with Gasteiger partial charge < -0.3 is 20.2 Å². The van der Waals surface area contributed by atoms with Gasteiger partial charge in [-0.3, -0.25) is 0 Å².